The average molecular weight is 439 g/mol. The van der Waals surface area contributed by atoms with Gasteiger partial charge in [0.05, 0.1) is 17.6 Å². The predicted molar refractivity (Wildman–Crippen MR) is 121 cm³/mol. The molecule has 1 aliphatic heterocycles. The Bertz CT molecular complexity index is 1160. The highest BCUT2D eigenvalue weighted by Gasteiger charge is 2.21. The van der Waals surface area contributed by atoms with Crippen molar-refractivity contribution >= 4 is 22.8 Å². The SMILES string of the molecule is O=C(CCn1c(=O)c(N2CCCC2)nc2ccccc21)N(CCO)Cc1ccccc1F. The van der Waals surface area contributed by atoms with E-state index in [1.807, 2.05) is 29.2 Å². The van der Waals surface area contributed by atoms with E-state index in [0.717, 1.165) is 25.9 Å². The summed E-state index contributed by atoms with van der Waals surface area (Å²) >= 11 is 0. The summed E-state index contributed by atoms with van der Waals surface area (Å²) in [7, 11) is 0. The zero-order valence-corrected chi connectivity index (χ0v) is 17.9. The third-order valence-corrected chi connectivity index (χ3v) is 5.83. The smallest absolute Gasteiger partial charge is 0.294 e. The number of carbonyl (C=O) groups excluding carboxylic acids is 1. The van der Waals surface area contributed by atoms with E-state index < -0.39 is 5.82 Å². The third kappa shape index (κ3) is 4.65. The molecule has 32 heavy (non-hydrogen) atoms. The average Bonchev–Trinajstić information content (AvgIpc) is 3.34. The summed E-state index contributed by atoms with van der Waals surface area (Å²) in [6, 6.07) is 13.7. The van der Waals surface area contributed by atoms with Gasteiger partial charge in [-0.15, -0.1) is 0 Å². The first kappa shape index (κ1) is 22.0. The largest absolute Gasteiger partial charge is 0.395 e. The number of hydrogen-bond donors (Lipinski definition) is 1. The molecular weight excluding hydrogens is 411 g/mol. The predicted octanol–water partition coefficient (Wildman–Crippen LogP) is 2.55. The number of hydrogen-bond acceptors (Lipinski definition) is 5. The molecule has 0 aliphatic carbocycles. The summed E-state index contributed by atoms with van der Waals surface area (Å²) in [5, 5.41) is 9.40. The van der Waals surface area contributed by atoms with Gasteiger partial charge in [0.2, 0.25) is 5.91 Å². The van der Waals surface area contributed by atoms with Crippen molar-refractivity contribution in [3.63, 3.8) is 0 Å². The maximum absolute atomic E-state index is 14.1. The number of benzene rings is 2. The lowest BCUT2D eigenvalue weighted by molar-refractivity contribution is -0.132. The van der Waals surface area contributed by atoms with Crippen molar-refractivity contribution in [1.82, 2.24) is 14.5 Å². The minimum absolute atomic E-state index is 0.0573. The Morgan fingerprint density at radius 1 is 1.09 bits per heavy atom. The highest BCUT2D eigenvalue weighted by atomic mass is 19.1. The van der Waals surface area contributed by atoms with Crippen LogP contribution in [0.15, 0.2) is 53.3 Å². The fourth-order valence-electron chi connectivity index (χ4n) is 4.15. The van der Waals surface area contributed by atoms with Crippen LogP contribution in [0.5, 0.6) is 0 Å². The summed E-state index contributed by atoms with van der Waals surface area (Å²) in [4.78, 5) is 34.2. The van der Waals surface area contributed by atoms with Crippen LogP contribution in [0.2, 0.25) is 0 Å². The molecule has 1 amide bonds. The second kappa shape index (κ2) is 9.91. The molecule has 0 saturated carbocycles. The van der Waals surface area contributed by atoms with Gasteiger partial charge in [-0.1, -0.05) is 30.3 Å². The Labute approximate surface area is 185 Å². The summed E-state index contributed by atoms with van der Waals surface area (Å²) in [5.41, 5.74) is 1.56. The highest BCUT2D eigenvalue weighted by Crippen LogP contribution is 2.19. The topological polar surface area (TPSA) is 78.7 Å². The van der Waals surface area contributed by atoms with Gasteiger partial charge in [-0.25, -0.2) is 9.37 Å². The standard InChI is InChI=1S/C24H27FN4O3/c25-19-8-2-1-7-18(19)17-28(15-16-30)22(31)11-14-29-21-10-4-3-9-20(21)26-23(24(29)32)27-12-5-6-13-27/h1-4,7-10,30H,5-6,11-17H2. The van der Waals surface area contributed by atoms with E-state index in [1.165, 1.54) is 11.0 Å². The summed E-state index contributed by atoms with van der Waals surface area (Å²) in [6.07, 6.45) is 2.11. The van der Waals surface area contributed by atoms with Crippen LogP contribution in [0.4, 0.5) is 10.2 Å². The maximum atomic E-state index is 14.1. The van der Waals surface area contributed by atoms with Crippen LogP contribution < -0.4 is 10.5 Å². The second-order valence-electron chi connectivity index (χ2n) is 7.96. The molecule has 2 heterocycles. The number of aliphatic hydroxyl groups excluding tert-OH is 1. The summed E-state index contributed by atoms with van der Waals surface area (Å²) in [6.45, 7) is 1.71. The van der Waals surface area contributed by atoms with Crippen LogP contribution in [0, 0.1) is 5.82 Å². The van der Waals surface area contributed by atoms with Crippen molar-refractivity contribution in [2.24, 2.45) is 0 Å². The fraction of sp³-hybridized carbons (Fsp3) is 0.375. The van der Waals surface area contributed by atoms with Crippen molar-refractivity contribution in [2.75, 3.05) is 31.1 Å². The van der Waals surface area contributed by atoms with Gasteiger partial charge in [0.1, 0.15) is 5.82 Å². The molecule has 0 unspecified atom stereocenters. The molecule has 1 N–H and O–H groups in total. The lowest BCUT2D eigenvalue weighted by atomic mass is 10.2. The van der Waals surface area contributed by atoms with Crippen LogP contribution >= 0.6 is 0 Å². The second-order valence-corrected chi connectivity index (χ2v) is 7.96. The molecule has 7 nitrogen and oxygen atoms in total. The number of aliphatic hydroxyl groups is 1. The number of aromatic nitrogens is 2. The highest BCUT2D eigenvalue weighted by molar-refractivity contribution is 5.78. The number of fused-ring (bicyclic) bond motifs is 1. The van der Waals surface area contributed by atoms with E-state index in [4.69, 9.17) is 0 Å². The van der Waals surface area contributed by atoms with Gasteiger partial charge in [-0.05, 0) is 31.0 Å². The molecule has 1 fully saturated rings. The van der Waals surface area contributed by atoms with Gasteiger partial charge in [0.15, 0.2) is 5.82 Å². The van der Waals surface area contributed by atoms with E-state index in [9.17, 15) is 19.1 Å². The van der Waals surface area contributed by atoms with E-state index in [-0.39, 0.29) is 44.1 Å². The van der Waals surface area contributed by atoms with Crippen molar-refractivity contribution in [3.8, 4) is 0 Å². The monoisotopic (exact) mass is 438 g/mol. The molecule has 3 aromatic rings. The molecule has 168 valence electrons. The maximum Gasteiger partial charge on any atom is 0.294 e. The number of amides is 1. The molecule has 0 spiro atoms. The zero-order valence-electron chi connectivity index (χ0n) is 17.9. The van der Waals surface area contributed by atoms with Crippen molar-refractivity contribution in [3.05, 3.63) is 70.3 Å². The molecule has 1 saturated heterocycles. The molecular formula is C24H27FN4O3. The lowest BCUT2D eigenvalue weighted by Gasteiger charge is -2.23. The normalized spacial score (nSPS) is 13.6. The molecule has 8 heteroatoms. The Balaban J connectivity index is 1.58. The molecule has 1 aliphatic rings. The third-order valence-electron chi connectivity index (χ3n) is 5.83. The molecule has 0 atom stereocenters. The molecule has 2 aromatic carbocycles. The number of aryl methyl sites for hydroxylation is 1. The zero-order chi connectivity index (χ0) is 22.5. The lowest BCUT2D eigenvalue weighted by Crippen LogP contribution is -2.36. The van der Waals surface area contributed by atoms with Crippen LogP contribution in [-0.4, -0.2) is 51.7 Å². The number of nitrogens with zero attached hydrogens (tertiary/aromatic N) is 4. The Kier molecular flexibility index (Phi) is 6.80. The van der Waals surface area contributed by atoms with E-state index >= 15 is 0 Å². The Morgan fingerprint density at radius 3 is 2.56 bits per heavy atom. The van der Waals surface area contributed by atoms with Gasteiger partial charge in [0.25, 0.3) is 5.56 Å². The first-order valence-electron chi connectivity index (χ1n) is 10.9. The number of carbonyl (C=O) groups is 1. The summed E-state index contributed by atoms with van der Waals surface area (Å²) in [5.74, 6) is -0.222. The van der Waals surface area contributed by atoms with Gasteiger partial charge in [-0.2, -0.15) is 0 Å². The minimum atomic E-state index is -0.394. The summed E-state index contributed by atoms with van der Waals surface area (Å²) < 4.78 is 15.7. The molecule has 1 aromatic heterocycles. The van der Waals surface area contributed by atoms with Crippen LogP contribution in [0.1, 0.15) is 24.8 Å². The van der Waals surface area contributed by atoms with Gasteiger partial charge in [0, 0.05) is 44.7 Å². The van der Waals surface area contributed by atoms with Gasteiger partial charge < -0.3 is 19.5 Å². The molecule has 0 radical (unpaired) electrons. The number of halogens is 1. The van der Waals surface area contributed by atoms with Crippen LogP contribution in [-0.2, 0) is 17.9 Å². The van der Waals surface area contributed by atoms with E-state index in [0.29, 0.717) is 22.4 Å². The minimum Gasteiger partial charge on any atom is -0.395 e. The van der Waals surface area contributed by atoms with Crippen LogP contribution in [0.3, 0.4) is 0 Å². The van der Waals surface area contributed by atoms with E-state index in [2.05, 4.69) is 4.98 Å². The number of para-hydroxylation sites is 2. The first-order chi connectivity index (χ1) is 15.6. The van der Waals surface area contributed by atoms with E-state index in [1.54, 1.807) is 22.8 Å². The van der Waals surface area contributed by atoms with Gasteiger partial charge >= 0.3 is 0 Å². The van der Waals surface area contributed by atoms with Crippen molar-refractivity contribution in [2.45, 2.75) is 32.4 Å². The van der Waals surface area contributed by atoms with Crippen molar-refractivity contribution < 1.29 is 14.3 Å². The molecule has 4 rings (SSSR count). The van der Waals surface area contributed by atoms with Crippen molar-refractivity contribution in [1.29, 1.82) is 0 Å². The number of rotatable bonds is 8. The first-order valence-corrected chi connectivity index (χ1v) is 10.9. The number of anilines is 1. The van der Waals surface area contributed by atoms with Gasteiger partial charge in [-0.3, -0.25) is 9.59 Å². The molecule has 0 bridgehead atoms. The Hall–Kier alpha value is -3.26. The fourth-order valence-corrected chi connectivity index (χ4v) is 4.15. The quantitative estimate of drug-likeness (QED) is 0.585. The van der Waals surface area contributed by atoms with Crippen LogP contribution in [0.25, 0.3) is 11.0 Å². The Morgan fingerprint density at radius 2 is 1.81 bits per heavy atom.